The van der Waals surface area contributed by atoms with Gasteiger partial charge in [-0.3, -0.25) is 9.82 Å². The Morgan fingerprint density at radius 3 is 2.81 bits per heavy atom. The molecule has 0 amide bonds. The molecule has 1 aromatic heterocycles. The van der Waals surface area contributed by atoms with E-state index in [0.29, 0.717) is 11.1 Å². The molecular formula is C14H14N4O2S. The molecule has 108 valence electrons. The van der Waals surface area contributed by atoms with Gasteiger partial charge in [0.1, 0.15) is 4.90 Å². The van der Waals surface area contributed by atoms with Crippen LogP contribution in [0, 0.1) is 6.92 Å². The molecule has 0 fully saturated rings. The highest BCUT2D eigenvalue weighted by atomic mass is 32.2. The summed E-state index contributed by atoms with van der Waals surface area (Å²) in [7, 11) is -3.75. The number of sulfonamides is 1. The van der Waals surface area contributed by atoms with Crippen molar-refractivity contribution in [1.29, 1.82) is 0 Å². The van der Waals surface area contributed by atoms with Gasteiger partial charge in [0, 0.05) is 5.39 Å². The number of benzene rings is 2. The standard InChI is InChI=1S/C14H14N4O2S/c1-9-5-6-14(11(15)7-9)21(19,20)18-13-4-2-3-12-10(13)8-16-17-12/h2-8,18H,15H2,1H3,(H,16,17). The highest BCUT2D eigenvalue weighted by Gasteiger charge is 2.18. The van der Waals surface area contributed by atoms with Gasteiger partial charge in [-0.05, 0) is 36.8 Å². The van der Waals surface area contributed by atoms with Crippen LogP contribution in [-0.4, -0.2) is 18.6 Å². The molecule has 0 aliphatic rings. The minimum absolute atomic E-state index is 0.0635. The zero-order valence-electron chi connectivity index (χ0n) is 11.3. The van der Waals surface area contributed by atoms with Gasteiger partial charge in [0.25, 0.3) is 10.0 Å². The molecule has 4 N–H and O–H groups in total. The van der Waals surface area contributed by atoms with Crippen molar-refractivity contribution in [2.45, 2.75) is 11.8 Å². The molecule has 7 heteroatoms. The lowest BCUT2D eigenvalue weighted by molar-refractivity contribution is 0.601. The number of nitrogens with zero attached hydrogens (tertiary/aromatic N) is 1. The maximum Gasteiger partial charge on any atom is 0.263 e. The van der Waals surface area contributed by atoms with E-state index in [0.717, 1.165) is 11.1 Å². The molecular weight excluding hydrogens is 288 g/mol. The Kier molecular flexibility index (Phi) is 3.06. The summed E-state index contributed by atoms with van der Waals surface area (Å²) in [4.78, 5) is 0.0635. The van der Waals surface area contributed by atoms with Gasteiger partial charge in [0.15, 0.2) is 0 Å². The number of hydrogen-bond acceptors (Lipinski definition) is 4. The van der Waals surface area contributed by atoms with Crippen LogP contribution < -0.4 is 10.5 Å². The number of hydrogen-bond donors (Lipinski definition) is 3. The number of H-pyrrole nitrogens is 1. The average Bonchev–Trinajstić information content (AvgIpc) is 2.87. The Labute approximate surface area is 122 Å². The zero-order chi connectivity index (χ0) is 15.0. The summed E-state index contributed by atoms with van der Waals surface area (Å²) in [5, 5.41) is 7.40. The molecule has 0 aliphatic carbocycles. The number of fused-ring (bicyclic) bond motifs is 1. The first-order valence-corrected chi connectivity index (χ1v) is 7.77. The molecule has 0 aliphatic heterocycles. The number of rotatable bonds is 3. The van der Waals surface area contributed by atoms with Crippen molar-refractivity contribution < 1.29 is 8.42 Å². The lowest BCUT2D eigenvalue weighted by Crippen LogP contribution is -2.15. The highest BCUT2D eigenvalue weighted by molar-refractivity contribution is 7.93. The molecule has 0 saturated heterocycles. The van der Waals surface area contributed by atoms with E-state index in [1.807, 2.05) is 13.0 Å². The maximum atomic E-state index is 12.5. The van der Waals surface area contributed by atoms with E-state index in [1.165, 1.54) is 6.07 Å². The van der Waals surface area contributed by atoms with Gasteiger partial charge in [-0.15, -0.1) is 0 Å². The van der Waals surface area contributed by atoms with E-state index in [-0.39, 0.29) is 10.6 Å². The molecule has 0 atom stereocenters. The van der Waals surface area contributed by atoms with Crippen LogP contribution in [0.3, 0.4) is 0 Å². The number of aryl methyl sites for hydroxylation is 1. The summed E-state index contributed by atoms with van der Waals surface area (Å²) < 4.78 is 27.5. The van der Waals surface area contributed by atoms with Gasteiger partial charge in [-0.1, -0.05) is 12.1 Å². The van der Waals surface area contributed by atoms with Crippen molar-refractivity contribution in [3.8, 4) is 0 Å². The van der Waals surface area contributed by atoms with Gasteiger partial charge in [-0.25, -0.2) is 8.42 Å². The zero-order valence-corrected chi connectivity index (χ0v) is 12.1. The Morgan fingerprint density at radius 1 is 1.24 bits per heavy atom. The second-order valence-electron chi connectivity index (χ2n) is 4.78. The smallest absolute Gasteiger partial charge is 0.263 e. The van der Waals surface area contributed by atoms with Crippen LogP contribution in [-0.2, 0) is 10.0 Å². The van der Waals surface area contributed by atoms with Crippen LogP contribution >= 0.6 is 0 Å². The van der Waals surface area contributed by atoms with Gasteiger partial charge in [0.05, 0.1) is 23.1 Å². The van der Waals surface area contributed by atoms with Crippen molar-refractivity contribution in [3.63, 3.8) is 0 Å². The molecule has 3 aromatic rings. The van der Waals surface area contributed by atoms with Gasteiger partial charge >= 0.3 is 0 Å². The Bertz CT molecular complexity index is 916. The fourth-order valence-corrected chi connectivity index (χ4v) is 3.36. The van der Waals surface area contributed by atoms with E-state index in [1.54, 1.807) is 30.5 Å². The van der Waals surface area contributed by atoms with Crippen LogP contribution in [0.4, 0.5) is 11.4 Å². The number of nitrogens with two attached hydrogens (primary N) is 1. The minimum atomic E-state index is -3.75. The Morgan fingerprint density at radius 2 is 2.05 bits per heavy atom. The molecule has 21 heavy (non-hydrogen) atoms. The van der Waals surface area contributed by atoms with Crippen molar-refractivity contribution >= 4 is 32.3 Å². The third-order valence-electron chi connectivity index (χ3n) is 3.18. The topological polar surface area (TPSA) is 101 Å². The molecule has 6 nitrogen and oxygen atoms in total. The molecule has 0 bridgehead atoms. The SMILES string of the molecule is Cc1ccc(S(=O)(=O)Nc2cccc3[nH]ncc23)c(N)c1. The van der Waals surface area contributed by atoms with E-state index >= 15 is 0 Å². The normalized spacial score (nSPS) is 11.7. The monoisotopic (exact) mass is 302 g/mol. The first-order valence-electron chi connectivity index (χ1n) is 6.28. The van der Waals surface area contributed by atoms with Crippen LogP contribution in [0.5, 0.6) is 0 Å². The molecule has 0 saturated carbocycles. The van der Waals surface area contributed by atoms with E-state index in [9.17, 15) is 8.42 Å². The van der Waals surface area contributed by atoms with Crippen molar-refractivity contribution in [3.05, 3.63) is 48.2 Å². The number of nitrogen functional groups attached to an aromatic ring is 1. The second kappa shape index (κ2) is 4.78. The predicted octanol–water partition coefficient (Wildman–Crippen LogP) is 2.25. The molecule has 0 radical (unpaired) electrons. The third kappa shape index (κ3) is 2.43. The average molecular weight is 302 g/mol. The number of aromatic amines is 1. The minimum Gasteiger partial charge on any atom is -0.398 e. The lowest BCUT2D eigenvalue weighted by atomic mass is 10.2. The van der Waals surface area contributed by atoms with E-state index in [4.69, 9.17) is 5.73 Å². The Hall–Kier alpha value is -2.54. The fourth-order valence-electron chi connectivity index (χ4n) is 2.17. The summed E-state index contributed by atoms with van der Waals surface area (Å²) >= 11 is 0. The van der Waals surface area contributed by atoms with Gasteiger partial charge < -0.3 is 5.73 Å². The largest absolute Gasteiger partial charge is 0.398 e. The lowest BCUT2D eigenvalue weighted by Gasteiger charge is -2.11. The molecule has 3 rings (SSSR count). The maximum absolute atomic E-state index is 12.5. The van der Waals surface area contributed by atoms with Crippen LogP contribution in [0.2, 0.25) is 0 Å². The first kappa shape index (κ1) is 13.4. The number of nitrogens with one attached hydrogen (secondary N) is 2. The summed E-state index contributed by atoms with van der Waals surface area (Å²) in [6.07, 6.45) is 1.58. The summed E-state index contributed by atoms with van der Waals surface area (Å²) in [5.74, 6) is 0. The highest BCUT2D eigenvalue weighted by Crippen LogP contribution is 2.26. The Balaban J connectivity index is 2.05. The van der Waals surface area contributed by atoms with E-state index in [2.05, 4.69) is 14.9 Å². The summed E-state index contributed by atoms with van der Waals surface area (Å²) in [5.41, 5.74) is 8.16. The fraction of sp³-hybridized carbons (Fsp3) is 0.0714. The van der Waals surface area contributed by atoms with Crippen LogP contribution in [0.15, 0.2) is 47.5 Å². The molecule has 0 spiro atoms. The summed E-state index contributed by atoms with van der Waals surface area (Å²) in [6.45, 7) is 1.85. The molecule has 0 unspecified atom stereocenters. The first-order chi connectivity index (χ1) is 9.97. The second-order valence-corrected chi connectivity index (χ2v) is 6.43. The number of anilines is 2. The van der Waals surface area contributed by atoms with Gasteiger partial charge in [-0.2, -0.15) is 5.10 Å². The predicted molar refractivity (Wildman–Crippen MR) is 82.5 cm³/mol. The van der Waals surface area contributed by atoms with Crippen molar-refractivity contribution in [2.24, 2.45) is 0 Å². The van der Waals surface area contributed by atoms with Crippen molar-refractivity contribution in [1.82, 2.24) is 10.2 Å². The van der Waals surface area contributed by atoms with E-state index < -0.39 is 10.0 Å². The summed E-state index contributed by atoms with van der Waals surface area (Å²) in [6, 6.07) is 10.1. The van der Waals surface area contributed by atoms with Crippen LogP contribution in [0.25, 0.3) is 10.9 Å². The van der Waals surface area contributed by atoms with Crippen LogP contribution in [0.1, 0.15) is 5.56 Å². The third-order valence-corrected chi connectivity index (χ3v) is 4.62. The molecule has 1 heterocycles. The van der Waals surface area contributed by atoms with Gasteiger partial charge in [0.2, 0.25) is 0 Å². The molecule has 2 aromatic carbocycles. The quantitative estimate of drug-likeness (QED) is 0.646. The van der Waals surface area contributed by atoms with Crippen molar-refractivity contribution in [2.75, 3.05) is 10.5 Å². The number of aromatic nitrogens is 2.